The smallest absolute Gasteiger partial charge is 0.191 e. The highest BCUT2D eigenvalue weighted by Gasteiger charge is 2.05. The summed E-state index contributed by atoms with van der Waals surface area (Å²) in [6, 6.07) is 24.9. The molecule has 1 heterocycles. The van der Waals surface area contributed by atoms with Crippen LogP contribution in [0.15, 0.2) is 89.1 Å². The monoisotopic (exact) mass is 461 g/mol. The van der Waals surface area contributed by atoms with Crippen LogP contribution in [-0.2, 0) is 0 Å². The van der Waals surface area contributed by atoms with Crippen molar-refractivity contribution in [3.8, 4) is 0 Å². The Labute approximate surface area is 198 Å². The third kappa shape index (κ3) is 7.22. The highest BCUT2D eigenvalue weighted by atomic mass is 32.1. The van der Waals surface area contributed by atoms with Gasteiger partial charge in [0.2, 0.25) is 0 Å². The van der Waals surface area contributed by atoms with Crippen LogP contribution < -0.4 is 21.5 Å². The number of hydrogen-bond acceptors (Lipinski definition) is 5. The van der Waals surface area contributed by atoms with Gasteiger partial charge in [-0.2, -0.15) is 10.2 Å². The van der Waals surface area contributed by atoms with E-state index in [-0.39, 0.29) is 0 Å². The molecule has 0 saturated carbocycles. The first kappa shape index (κ1) is 23.0. The van der Waals surface area contributed by atoms with Crippen molar-refractivity contribution in [1.29, 1.82) is 0 Å². The average molecular weight is 462 g/mol. The molecule has 9 heteroatoms. The van der Waals surface area contributed by atoms with E-state index in [1.807, 2.05) is 92.7 Å². The lowest BCUT2D eigenvalue weighted by molar-refractivity contribution is 1.02. The van der Waals surface area contributed by atoms with E-state index in [1.54, 1.807) is 0 Å². The summed E-state index contributed by atoms with van der Waals surface area (Å²) in [4.78, 5) is 4.63. The van der Waals surface area contributed by atoms with Gasteiger partial charge in [0.1, 0.15) is 0 Å². The highest BCUT2D eigenvalue weighted by Crippen LogP contribution is 2.06. The Kier molecular flexibility index (Phi) is 8.36. The summed E-state index contributed by atoms with van der Waals surface area (Å²) in [6.45, 7) is 3.71. The molecule has 0 unspecified atom stereocenters. The number of aromatic nitrogens is 1. The number of pyridine rings is 1. The van der Waals surface area contributed by atoms with E-state index in [1.165, 1.54) is 0 Å². The molecule has 0 amide bonds. The van der Waals surface area contributed by atoms with Crippen LogP contribution in [0, 0.1) is 0 Å². The average Bonchev–Trinajstić information content (AvgIpc) is 2.82. The van der Waals surface area contributed by atoms with Crippen LogP contribution in [0.5, 0.6) is 0 Å². The molecule has 3 rings (SSSR count). The minimum Gasteiger partial charge on any atom is -0.331 e. The molecule has 3 aromatic rings. The van der Waals surface area contributed by atoms with Crippen molar-refractivity contribution in [1.82, 2.24) is 15.8 Å². The summed E-state index contributed by atoms with van der Waals surface area (Å²) in [6.07, 6.45) is 0. The van der Waals surface area contributed by atoms with E-state index >= 15 is 0 Å². The van der Waals surface area contributed by atoms with Gasteiger partial charge in [-0.05, 0) is 74.7 Å². The van der Waals surface area contributed by atoms with Gasteiger partial charge in [-0.3, -0.25) is 10.9 Å². The second kappa shape index (κ2) is 11.6. The molecular formula is C23H23N7S2. The number of hydrogen-bond donors (Lipinski definition) is 4. The quantitative estimate of drug-likeness (QED) is 0.244. The Hall–Kier alpha value is -3.69. The predicted octanol–water partition coefficient (Wildman–Crippen LogP) is 4.50. The van der Waals surface area contributed by atoms with Gasteiger partial charge in [0.25, 0.3) is 0 Å². The summed E-state index contributed by atoms with van der Waals surface area (Å²) in [5.41, 5.74) is 10.2. The molecule has 0 bridgehead atoms. The zero-order valence-corrected chi connectivity index (χ0v) is 19.3. The van der Waals surface area contributed by atoms with Crippen LogP contribution in [0.25, 0.3) is 0 Å². The van der Waals surface area contributed by atoms with Gasteiger partial charge < -0.3 is 10.6 Å². The zero-order valence-electron chi connectivity index (χ0n) is 17.7. The minimum absolute atomic E-state index is 0.396. The summed E-state index contributed by atoms with van der Waals surface area (Å²) >= 11 is 10.6. The molecule has 7 nitrogen and oxygen atoms in total. The molecule has 0 spiro atoms. The number of para-hydroxylation sites is 2. The van der Waals surface area contributed by atoms with Gasteiger partial charge in [-0.25, -0.2) is 4.98 Å². The van der Waals surface area contributed by atoms with Gasteiger partial charge in [-0.1, -0.05) is 42.5 Å². The standard InChI is InChI=1S/C23H23N7S2/c1-16(27-29-22(31)24-18-10-5-3-6-11-18)20-14-9-15-21(26-20)17(2)28-30-23(32)25-19-12-7-4-8-13-19/h3-15H,1-2H3,(H2,24,29,31)(H2,25,30,32)/b27-16-,28-17-. The van der Waals surface area contributed by atoms with E-state index in [4.69, 9.17) is 24.4 Å². The van der Waals surface area contributed by atoms with Crippen molar-refractivity contribution in [2.45, 2.75) is 13.8 Å². The molecule has 0 aliphatic rings. The zero-order chi connectivity index (χ0) is 22.8. The Morgan fingerprint density at radius 2 is 1.03 bits per heavy atom. The molecule has 0 fully saturated rings. The number of anilines is 2. The SMILES string of the molecule is C/C(=N/NC(=S)Nc1ccccc1)c1cccc(/C(C)=N\NC(=S)Nc2ccccc2)n1. The summed E-state index contributed by atoms with van der Waals surface area (Å²) in [7, 11) is 0. The number of rotatable bonds is 6. The molecule has 0 aliphatic heterocycles. The Morgan fingerprint density at radius 1 is 0.625 bits per heavy atom. The number of nitrogens with zero attached hydrogens (tertiary/aromatic N) is 3. The molecule has 32 heavy (non-hydrogen) atoms. The lowest BCUT2D eigenvalue weighted by Gasteiger charge is -2.09. The molecule has 0 aliphatic carbocycles. The van der Waals surface area contributed by atoms with E-state index in [9.17, 15) is 0 Å². The Balaban J connectivity index is 1.59. The largest absolute Gasteiger partial charge is 0.331 e. The summed E-state index contributed by atoms with van der Waals surface area (Å²) < 4.78 is 0. The van der Waals surface area contributed by atoms with E-state index in [2.05, 4.69) is 36.7 Å². The van der Waals surface area contributed by atoms with Gasteiger partial charge in [0, 0.05) is 11.4 Å². The molecule has 0 saturated heterocycles. The third-order valence-electron chi connectivity index (χ3n) is 4.20. The van der Waals surface area contributed by atoms with Crippen molar-refractivity contribution >= 4 is 57.5 Å². The minimum atomic E-state index is 0.396. The predicted molar refractivity (Wildman–Crippen MR) is 140 cm³/mol. The second-order valence-corrected chi connectivity index (χ2v) is 7.48. The molecule has 4 N–H and O–H groups in total. The summed E-state index contributed by atoms with van der Waals surface area (Å²) in [5.74, 6) is 0. The molecule has 162 valence electrons. The van der Waals surface area contributed by atoms with Gasteiger partial charge in [0.15, 0.2) is 10.2 Å². The third-order valence-corrected chi connectivity index (χ3v) is 4.59. The number of benzene rings is 2. The lowest BCUT2D eigenvalue weighted by atomic mass is 10.2. The van der Waals surface area contributed by atoms with Crippen molar-refractivity contribution in [3.63, 3.8) is 0 Å². The van der Waals surface area contributed by atoms with Crippen molar-refractivity contribution in [3.05, 3.63) is 90.3 Å². The van der Waals surface area contributed by atoms with Gasteiger partial charge >= 0.3 is 0 Å². The number of hydrazone groups is 2. The Morgan fingerprint density at radius 3 is 1.44 bits per heavy atom. The van der Waals surface area contributed by atoms with Crippen molar-refractivity contribution in [2.24, 2.45) is 10.2 Å². The fraction of sp³-hybridized carbons (Fsp3) is 0.0870. The normalized spacial score (nSPS) is 11.4. The van der Waals surface area contributed by atoms with Crippen LogP contribution in [0.4, 0.5) is 11.4 Å². The Bertz CT molecular complexity index is 1040. The summed E-state index contributed by atoms with van der Waals surface area (Å²) in [5, 5.41) is 15.6. The van der Waals surface area contributed by atoms with Crippen LogP contribution in [0.1, 0.15) is 25.2 Å². The fourth-order valence-corrected chi connectivity index (χ4v) is 2.91. The fourth-order valence-electron chi connectivity index (χ4n) is 2.58. The van der Waals surface area contributed by atoms with Crippen LogP contribution >= 0.6 is 24.4 Å². The molecule has 0 atom stereocenters. The molecule has 0 radical (unpaired) electrons. The first-order valence-corrected chi connectivity index (χ1v) is 10.6. The van der Waals surface area contributed by atoms with Crippen LogP contribution in [0.2, 0.25) is 0 Å². The first-order chi connectivity index (χ1) is 15.5. The van der Waals surface area contributed by atoms with Gasteiger partial charge in [0.05, 0.1) is 22.8 Å². The van der Waals surface area contributed by atoms with Crippen LogP contribution in [0.3, 0.4) is 0 Å². The molecule has 1 aromatic heterocycles. The number of nitrogens with one attached hydrogen (secondary N) is 4. The second-order valence-electron chi connectivity index (χ2n) is 6.67. The number of thiocarbonyl (C=S) groups is 2. The molecular weight excluding hydrogens is 438 g/mol. The van der Waals surface area contributed by atoms with E-state index < -0.39 is 0 Å². The van der Waals surface area contributed by atoms with E-state index in [0.717, 1.165) is 11.4 Å². The maximum Gasteiger partial charge on any atom is 0.191 e. The topological polar surface area (TPSA) is 85.7 Å². The first-order valence-electron chi connectivity index (χ1n) is 9.82. The van der Waals surface area contributed by atoms with Crippen molar-refractivity contribution in [2.75, 3.05) is 10.6 Å². The van der Waals surface area contributed by atoms with Crippen molar-refractivity contribution < 1.29 is 0 Å². The maximum atomic E-state index is 5.28. The van der Waals surface area contributed by atoms with E-state index in [0.29, 0.717) is 33.0 Å². The molecule has 2 aromatic carbocycles. The van der Waals surface area contributed by atoms with Gasteiger partial charge in [-0.15, -0.1) is 0 Å². The van der Waals surface area contributed by atoms with Crippen LogP contribution in [-0.4, -0.2) is 26.6 Å². The highest BCUT2D eigenvalue weighted by molar-refractivity contribution is 7.80. The maximum absolute atomic E-state index is 5.28. The lowest BCUT2D eigenvalue weighted by Crippen LogP contribution is -2.25.